The van der Waals surface area contributed by atoms with E-state index >= 15 is 0 Å². The maximum atomic E-state index is 12.0. The Morgan fingerprint density at radius 2 is 1.95 bits per heavy atom. The quantitative estimate of drug-likeness (QED) is 0.542. The van der Waals surface area contributed by atoms with E-state index in [1.54, 1.807) is 12.1 Å². The normalized spacial score (nSPS) is 11.2. The van der Waals surface area contributed by atoms with E-state index in [-0.39, 0.29) is 11.3 Å². The third-order valence-electron chi connectivity index (χ3n) is 2.62. The Balaban J connectivity index is 2.77. The molecule has 0 fully saturated rings. The van der Waals surface area contributed by atoms with Crippen molar-refractivity contribution in [2.45, 2.75) is 13.0 Å². The molecule has 0 saturated heterocycles. The van der Waals surface area contributed by atoms with Crippen LogP contribution in [0, 0.1) is 0 Å². The van der Waals surface area contributed by atoms with Gasteiger partial charge in [-0.25, -0.2) is 9.59 Å². The Hall–Kier alpha value is -2.77. The fourth-order valence-corrected chi connectivity index (χ4v) is 1.45. The molecule has 0 heterocycles. The van der Waals surface area contributed by atoms with Crippen LogP contribution in [0.4, 0.5) is 10.5 Å². The molecule has 0 aliphatic carbocycles. The summed E-state index contributed by atoms with van der Waals surface area (Å²) in [5.41, 5.74) is 5.95. The van der Waals surface area contributed by atoms with Crippen molar-refractivity contribution in [3.05, 3.63) is 23.8 Å². The summed E-state index contributed by atoms with van der Waals surface area (Å²) in [4.78, 5) is 34.5. The van der Waals surface area contributed by atoms with Gasteiger partial charge in [0.25, 0.3) is 5.91 Å². The molecular formula is C13H17N3O5. The van der Waals surface area contributed by atoms with Gasteiger partial charge in [-0.2, -0.15) is 0 Å². The topological polar surface area (TPSA) is 120 Å². The molecule has 0 aromatic heterocycles. The Morgan fingerprint density at radius 1 is 1.29 bits per heavy atom. The largest absolute Gasteiger partial charge is 0.495 e. The molecule has 0 bridgehead atoms. The first-order valence-corrected chi connectivity index (χ1v) is 6.06. The molecule has 1 unspecified atom stereocenters. The zero-order valence-corrected chi connectivity index (χ0v) is 11.9. The lowest BCUT2D eigenvalue weighted by Crippen LogP contribution is -2.43. The number of ether oxygens (including phenoxy) is 2. The maximum absolute atomic E-state index is 12.0. The molecule has 1 aromatic carbocycles. The molecule has 0 radical (unpaired) electrons. The summed E-state index contributed by atoms with van der Waals surface area (Å²) in [6, 6.07) is 3.92. The summed E-state index contributed by atoms with van der Waals surface area (Å²) >= 11 is 0. The van der Waals surface area contributed by atoms with Crippen LogP contribution in [0.5, 0.6) is 5.75 Å². The summed E-state index contributed by atoms with van der Waals surface area (Å²) in [5, 5.41) is 4.21. The van der Waals surface area contributed by atoms with Crippen molar-refractivity contribution < 1.29 is 23.9 Å². The van der Waals surface area contributed by atoms with Crippen molar-refractivity contribution >= 4 is 23.6 Å². The molecule has 21 heavy (non-hydrogen) atoms. The number of nitrogens with two attached hydrogens (primary N) is 1. The predicted molar refractivity (Wildman–Crippen MR) is 74.9 cm³/mol. The molecule has 8 heteroatoms. The second-order valence-corrected chi connectivity index (χ2v) is 4.04. The van der Waals surface area contributed by atoms with Gasteiger partial charge in [-0.05, 0) is 19.1 Å². The lowest BCUT2D eigenvalue weighted by atomic mass is 10.1. The van der Waals surface area contributed by atoms with Crippen molar-refractivity contribution in [1.82, 2.24) is 10.6 Å². The fourth-order valence-electron chi connectivity index (χ4n) is 1.45. The third-order valence-corrected chi connectivity index (χ3v) is 2.62. The molecular weight excluding hydrogens is 278 g/mol. The Labute approximate surface area is 121 Å². The number of carbonyl (C=O) groups excluding carboxylic acids is 3. The number of benzene rings is 1. The van der Waals surface area contributed by atoms with Gasteiger partial charge in [0.05, 0.1) is 18.4 Å². The van der Waals surface area contributed by atoms with Crippen LogP contribution >= 0.6 is 0 Å². The Kier molecular flexibility index (Phi) is 5.53. The second-order valence-electron chi connectivity index (χ2n) is 4.04. The number of carbonyl (C=O) groups is 3. The predicted octanol–water partition coefficient (Wildman–Crippen LogP) is 0.278. The van der Waals surface area contributed by atoms with Crippen LogP contribution < -0.4 is 21.1 Å². The van der Waals surface area contributed by atoms with Gasteiger partial charge in [-0.1, -0.05) is 6.07 Å². The second kappa shape index (κ2) is 7.13. The van der Waals surface area contributed by atoms with Gasteiger partial charge in [-0.15, -0.1) is 0 Å². The zero-order valence-electron chi connectivity index (χ0n) is 11.9. The minimum atomic E-state index is -1.15. The molecule has 0 aliphatic rings. The highest BCUT2D eigenvalue weighted by Crippen LogP contribution is 2.25. The third kappa shape index (κ3) is 4.10. The van der Waals surface area contributed by atoms with Crippen LogP contribution in [0.2, 0.25) is 0 Å². The van der Waals surface area contributed by atoms with Gasteiger partial charge < -0.3 is 20.5 Å². The van der Waals surface area contributed by atoms with Crippen LogP contribution in [0.3, 0.4) is 0 Å². The smallest absolute Gasteiger partial charge is 0.341 e. The van der Waals surface area contributed by atoms with Gasteiger partial charge in [0.2, 0.25) is 0 Å². The van der Waals surface area contributed by atoms with Gasteiger partial charge >= 0.3 is 12.0 Å². The first kappa shape index (κ1) is 16.3. The van der Waals surface area contributed by atoms with Gasteiger partial charge in [0.1, 0.15) is 5.75 Å². The number of methoxy groups -OCH3 is 1. The summed E-state index contributed by atoms with van der Waals surface area (Å²) in [7, 11) is 2.77. The van der Waals surface area contributed by atoms with E-state index in [9.17, 15) is 14.4 Å². The molecule has 114 valence electrons. The summed E-state index contributed by atoms with van der Waals surface area (Å²) in [6.45, 7) is 1.34. The minimum absolute atomic E-state index is 0.0777. The van der Waals surface area contributed by atoms with Crippen LogP contribution in [-0.4, -0.2) is 38.2 Å². The Bertz CT molecular complexity index is 559. The highest BCUT2D eigenvalue weighted by molar-refractivity contribution is 6.00. The minimum Gasteiger partial charge on any atom is -0.495 e. The molecule has 3 amide bonds. The first-order chi connectivity index (χ1) is 9.90. The summed E-state index contributed by atoms with van der Waals surface area (Å²) < 4.78 is 9.95. The molecule has 0 spiro atoms. The van der Waals surface area contributed by atoms with Crippen LogP contribution in [0.1, 0.15) is 17.3 Å². The summed E-state index contributed by atoms with van der Waals surface area (Å²) in [5.74, 6) is -1.21. The number of rotatable bonds is 4. The number of hydrogen-bond donors (Lipinski definition) is 3. The van der Waals surface area contributed by atoms with E-state index in [0.29, 0.717) is 5.75 Å². The number of para-hydroxylation sites is 1. The van der Waals surface area contributed by atoms with Crippen molar-refractivity contribution in [1.29, 1.82) is 0 Å². The van der Waals surface area contributed by atoms with Crippen molar-refractivity contribution in [2.75, 3.05) is 19.9 Å². The maximum Gasteiger partial charge on any atom is 0.341 e. The van der Waals surface area contributed by atoms with E-state index < -0.39 is 24.0 Å². The number of anilines is 1. The number of nitrogens with one attached hydrogen (secondary N) is 2. The summed E-state index contributed by atoms with van der Waals surface area (Å²) in [6.07, 6.45) is -1.15. The van der Waals surface area contributed by atoms with Crippen molar-refractivity contribution in [3.8, 4) is 5.75 Å². The molecule has 8 nitrogen and oxygen atoms in total. The Morgan fingerprint density at radius 3 is 2.52 bits per heavy atom. The lowest BCUT2D eigenvalue weighted by Gasteiger charge is -2.14. The number of amides is 3. The number of nitrogen functional groups attached to an aromatic ring is 1. The first-order valence-electron chi connectivity index (χ1n) is 6.06. The van der Waals surface area contributed by atoms with E-state index in [2.05, 4.69) is 5.32 Å². The van der Waals surface area contributed by atoms with E-state index in [4.69, 9.17) is 15.2 Å². The fraction of sp³-hybridized carbons (Fsp3) is 0.308. The molecule has 1 aromatic rings. The van der Waals surface area contributed by atoms with E-state index in [1.165, 1.54) is 27.1 Å². The lowest BCUT2D eigenvalue weighted by molar-refractivity contribution is -0.127. The molecule has 1 atom stereocenters. The highest BCUT2D eigenvalue weighted by Gasteiger charge is 2.22. The van der Waals surface area contributed by atoms with Gasteiger partial charge in [0.15, 0.2) is 6.10 Å². The SMILES string of the molecule is CNC(=O)NC(=O)C(C)OC(=O)c1cccc(OC)c1N. The van der Waals surface area contributed by atoms with Crippen LogP contribution in [-0.2, 0) is 9.53 Å². The van der Waals surface area contributed by atoms with Gasteiger partial charge in [0, 0.05) is 7.05 Å². The average molecular weight is 295 g/mol. The number of esters is 1. The average Bonchev–Trinajstić information content (AvgIpc) is 2.46. The molecule has 0 saturated carbocycles. The number of imide groups is 1. The number of urea groups is 1. The number of hydrogen-bond acceptors (Lipinski definition) is 6. The van der Waals surface area contributed by atoms with Crippen molar-refractivity contribution in [2.24, 2.45) is 0 Å². The zero-order chi connectivity index (χ0) is 16.0. The van der Waals surface area contributed by atoms with Crippen LogP contribution in [0.25, 0.3) is 0 Å². The van der Waals surface area contributed by atoms with E-state index in [1.807, 2.05) is 5.32 Å². The molecule has 1 rings (SSSR count). The molecule has 4 N–H and O–H groups in total. The standard InChI is InChI=1S/C13H17N3O5/c1-7(11(17)16-13(19)15-2)21-12(18)8-5-4-6-9(20-3)10(8)14/h4-7H,14H2,1-3H3,(H2,15,16,17,19). The highest BCUT2D eigenvalue weighted by atomic mass is 16.5. The molecule has 0 aliphatic heterocycles. The van der Waals surface area contributed by atoms with Crippen molar-refractivity contribution in [3.63, 3.8) is 0 Å². The van der Waals surface area contributed by atoms with Gasteiger partial charge in [-0.3, -0.25) is 10.1 Å². The van der Waals surface area contributed by atoms with E-state index in [0.717, 1.165) is 0 Å². The van der Waals surface area contributed by atoms with Crippen LogP contribution in [0.15, 0.2) is 18.2 Å². The monoisotopic (exact) mass is 295 g/mol.